The van der Waals surface area contributed by atoms with E-state index in [1.54, 1.807) is 0 Å². The molecule has 0 unspecified atom stereocenters. The van der Waals surface area contributed by atoms with E-state index in [0.717, 1.165) is 29.4 Å². The summed E-state index contributed by atoms with van der Waals surface area (Å²) in [6, 6.07) is 6.46. The fourth-order valence-electron chi connectivity index (χ4n) is 2.62. The van der Waals surface area contributed by atoms with Gasteiger partial charge in [-0.2, -0.15) is 5.10 Å². The van der Waals surface area contributed by atoms with Crippen molar-refractivity contribution in [1.82, 2.24) is 15.1 Å². The number of aryl methyl sites for hydroxylation is 1. The first-order valence-electron chi connectivity index (χ1n) is 7.51. The van der Waals surface area contributed by atoms with Crippen LogP contribution in [-0.2, 0) is 13.0 Å². The van der Waals surface area contributed by atoms with Gasteiger partial charge < -0.3 is 5.32 Å². The van der Waals surface area contributed by atoms with Crippen molar-refractivity contribution in [3.05, 3.63) is 45.7 Å². The van der Waals surface area contributed by atoms with Crippen molar-refractivity contribution >= 4 is 11.6 Å². The summed E-state index contributed by atoms with van der Waals surface area (Å²) in [5.74, 6) is 0. The van der Waals surface area contributed by atoms with Crippen LogP contribution in [0.25, 0.3) is 5.69 Å². The molecule has 0 saturated heterocycles. The molecule has 2 rings (SSSR count). The quantitative estimate of drug-likeness (QED) is 0.897. The molecule has 2 aromatic rings. The summed E-state index contributed by atoms with van der Waals surface area (Å²) in [6.07, 6.45) is 0.998. The molecule has 0 saturated carbocycles. The molecular weight excluding hydrogens is 282 g/mol. The number of aromatic nitrogens is 2. The van der Waals surface area contributed by atoms with Gasteiger partial charge in [0.25, 0.3) is 0 Å². The lowest BCUT2D eigenvalue weighted by atomic mass is 10.1. The lowest BCUT2D eigenvalue weighted by Crippen LogP contribution is -2.22. The summed E-state index contributed by atoms with van der Waals surface area (Å²) in [4.78, 5) is 0. The monoisotopic (exact) mass is 305 g/mol. The second-order valence-electron chi connectivity index (χ2n) is 5.72. The zero-order valence-electron chi connectivity index (χ0n) is 13.5. The minimum atomic E-state index is 0.445. The minimum absolute atomic E-state index is 0.445. The third kappa shape index (κ3) is 3.47. The van der Waals surface area contributed by atoms with Crippen molar-refractivity contribution in [1.29, 1.82) is 0 Å². The second-order valence-corrected chi connectivity index (χ2v) is 6.16. The summed E-state index contributed by atoms with van der Waals surface area (Å²) in [5.41, 5.74) is 5.89. The standard InChI is InChI=1S/C17H24ClN3/c1-6-16-12(4)20-21(13(16)5)17-9-15(18)8-7-14(17)10-19-11(2)3/h7-9,11,19H,6,10H2,1-5H3. The Balaban J connectivity index is 2.49. The Morgan fingerprint density at radius 1 is 1.29 bits per heavy atom. The normalized spacial score (nSPS) is 11.4. The highest BCUT2D eigenvalue weighted by Gasteiger charge is 2.14. The van der Waals surface area contributed by atoms with Crippen LogP contribution in [0.4, 0.5) is 0 Å². The van der Waals surface area contributed by atoms with E-state index >= 15 is 0 Å². The molecule has 0 bridgehead atoms. The molecule has 0 spiro atoms. The van der Waals surface area contributed by atoms with Gasteiger partial charge in [0.1, 0.15) is 0 Å². The van der Waals surface area contributed by atoms with Crippen molar-refractivity contribution in [2.75, 3.05) is 0 Å². The van der Waals surface area contributed by atoms with E-state index in [2.05, 4.69) is 46.0 Å². The maximum Gasteiger partial charge on any atom is 0.0708 e. The number of benzene rings is 1. The van der Waals surface area contributed by atoms with Gasteiger partial charge in [0.2, 0.25) is 0 Å². The van der Waals surface area contributed by atoms with Crippen LogP contribution in [0.1, 0.15) is 43.3 Å². The SMILES string of the molecule is CCc1c(C)nn(-c2cc(Cl)ccc2CNC(C)C)c1C. The first-order valence-corrected chi connectivity index (χ1v) is 7.89. The van der Waals surface area contributed by atoms with Crippen molar-refractivity contribution in [3.8, 4) is 5.69 Å². The van der Waals surface area contributed by atoms with Crippen LogP contribution in [0.3, 0.4) is 0 Å². The maximum absolute atomic E-state index is 6.20. The predicted molar refractivity (Wildman–Crippen MR) is 89.4 cm³/mol. The van der Waals surface area contributed by atoms with Gasteiger partial charge in [0, 0.05) is 23.3 Å². The molecule has 1 aromatic heterocycles. The Hall–Kier alpha value is -1.32. The molecule has 0 aliphatic carbocycles. The summed E-state index contributed by atoms with van der Waals surface area (Å²) in [7, 11) is 0. The van der Waals surface area contributed by atoms with Gasteiger partial charge in [0.05, 0.1) is 11.4 Å². The van der Waals surface area contributed by atoms with Gasteiger partial charge >= 0.3 is 0 Å². The average Bonchev–Trinajstić information content (AvgIpc) is 2.71. The first-order chi connectivity index (χ1) is 9.93. The number of nitrogens with one attached hydrogen (secondary N) is 1. The Bertz CT molecular complexity index is 629. The Kier molecular flexibility index (Phi) is 5.07. The van der Waals surface area contributed by atoms with E-state index in [1.807, 2.05) is 16.8 Å². The number of hydrogen-bond acceptors (Lipinski definition) is 2. The molecule has 0 aliphatic heterocycles. The second kappa shape index (κ2) is 6.63. The number of halogens is 1. The first kappa shape index (κ1) is 16.1. The third-order valence-corrected chi connectivity index (χ3v) is 4.01. The molecule has 114 valence electrons. The summed E-state index contributed by atoms with van der Waals surface area (Å²) >= 11 is 6.20. The van der Waals surface area contributed by atoms with Crippen molar-refractivity contribution < 1.29 is 0 Å². The van der Waals surface area contributed by atoms with Crippen LogP contribution in [0.15, 0.2) is 18.2 Å². The van der Waals surface area contributed by atoms with Crippen molar-refractivity contribution in [3.63, 3.8) is 0 Å². The maximum atomic E-state index is 6.20. The van der Waals surface area contributed by atoms with Crippen LogP contribution in [0.5, 0.6) is 0 Å². The van der Waals surface area contributed by atoms with E-state index in [9.17, 15) is 0 Å². The minimum Gasteiger partial charge on any atom is -0.310 e. The van der Waals surface area contributed by atoms with Gasteiger partial charge in [0.15, 0.2) is 0 Å². The van der Waals surface area contributed by atoms with Crippen LogP contribution in [-0.4, -0.2) is 15.8 Å². The van der Waals surface area contributed by atoms with Crippen LogP contribution in [0, 0.1) is 13.8 Å². The van der Waals surface area contributed by atoms with E-state index < -0.39 is 0 Å². The highest BCUT2D eigenvalue weighted by atomic mass is 35.5. The van der Waals surface area contributed by atoms with Gasteiger partial charge in [-0.25, -0.2) is 4.68 Å². The summed E-state index contributed by atoms with van der Waals surface area (Å²) < 4.78 is 2.03. The van der Waals surface area contributed by atoms with Crippen LogP contribution >= 0.6 is 11.6 Å². The molecule has 0 radical (unpaired) electrons. The van der Waals surface area contributed by atoms with Crippen molar-refractivity contribution in [2.24, 2.45) is 0 Å². The molecule has 3 nitrogen and oxygen atoms in total. The molecule has 1 aromatic carbocycles. The number of hydrogen-bond donors (Lipinski definition) is 1. The van der Waals surface area contributed by atoms with E-state index in [-0.39, 0.29) is 0 Å². The molecular formula is C17H24ClN3. The molecule has 0 atom stereocenters. The third-order valence-electron chi connectivity index (χ3n) is 3.77. The zero-order valence-corrected chi connectivity index (χ0v) is 14.3. The molecule has 0 aliphatic rings. The lowest BCUT2D eigenvalue weighted by molar-refractivity contribution is 0.586. The van der Waals surface area contributed by atoms with E-state index in [0.29, 0.717) is 6.04 Å². The van der Waals surface area contributed by atoms with E-state index in [1.165, 1.54) is 16.8 Å². The predicted octanol–water partition coefficient (Wildman–Crippen LogP) is 4.20. The van der Waals surface area contributed by atoms with Crippen LogP contribution in [0.2, 0.25) is 5.02 Å². The molecule has 1 N–H and O–H groups in total. The highest BCUT2D eigenvalue weighted by molar-refractivity contribution is 6.30. The molecule has 0 amide bonds. The fourth-order valence-corrected chi connectivity index (χ4v) is 2.79. The van der Waals surface area contributed by atoms with Gasteiger partial charge in [-0.1, -0.05) is 38.4 Å². The molecule has 4 heteroatoms. The summed E-state index contributed by atoms with van der Waals surface area (Å²) in [5, 5.41) is 8.91. The van der Waals surface area contributed by atoms with E-state index in [4.69, 9.17) is 16.7 Å². The fraction of sp³-hybridized carbons (Fsp3) is 0.471. The zero-order chi connectivity index (χ0) is 15.6. The van der Waals surface area contributed by atoms with Crippen LogP contribution < -0.4 is 5.32 Å². The smallest absolute Gasteiger partial charge is 0.0708 e. The van der Waals surface area contributed by atoms with Gasteiger partial charge in [-0.15, -0.1) is 0 Å². The number of nitrogens with zero attached hydrogens (tertiary/aromatic N) is 2. The lowest BCUT2D eigenvalue weighted by Gasteiger charge is -2.14. The molecule has 1 heterocycles. The Morgan fingerprint density at radius 2 is 2.00 bits per heavy atom. The molecule has 21 heavy (non-hydrogen) atoms. The largest absolute Gasteiger partial charge is 0.310 e. The van der Waals surface area contributed by atoms with Gasteiger partial charge in [-0.3, -0.25) is 0 Å². The molecule has 0 fully saturated rings. The number of rotatable bonds is 5. The average molecular weight is 306 g/mol. The highest BCUT2D eigenvalue weighted by Crippen LogP contribution is 2.24. The topological polar surface area (TPSA) is 29.9 Å². The summed E-state index contributed by atoms with van der Waals surface area (Å²) in [6.45, 7) is 11.5. The van der Waals surface area contributed by atoms with Crippen molar-refractivity contribution in [2.45, 2.75) is 53.6 Å². The van der Waals surface area contributed by atoms with Gasteiger partial charge in [-0.05, 0) is 43.5 Å². The Labute approximate surface area is 132 Å². The Morgan fingerprint density at radius 3 is 2.57 bits per heavy atom.